The smallest absolute Gasteiger partial charge is 0.410 e. The van der Waals surface area contributed by atoms with Crippen molar-refractivity contribution < 1.29 is 14.6 Å². The molecule has 2 N–H and O–H groups in total. The molecule has 5 heteroatoms. The Balaban J connectivity index is 2.49. The highest BCUT2D eigenvalue weighted by Crippen LogP contribution is 2.21. The van der Waals surface area contributed by atoms with Crippen molar-refractivity contribution in [1.29, 1.82) is 0 Å². The summed E-state index contributed by atoms with van der Waals surface area (Å²) in [6.07, 6.45) is -0.0202. The van der Waals surface area contributed by atoms with Crippen LogP contribution in [0.25, 0.3) is 0 Å². The van der Waals surface area contributed by atoms with Crippen LogP contribution in [0.1, 0.15) is 12.0 Å². The summed E-state index contributed by atoms with van der Waals surface area (Å²) < 4.78 is 5.06. The van der Waals surface area contributed by atoms with Crippen LogP contribution in [0.3, 0.4) is 0 Å². The normalized spacial score (nSPS) is 9.94. The fourth-order valence-corrected chi connectivity index (χ4v) is 1.36. The third-order valence-corrected chi connectivity index (χ3v) is 2.18. The van der Waals surface area contributed by atoms with Crippen LogP contribution in [0.2, 0.25) is 5.02 Å². The van der Waals surface area contributed by atoms with Gasteiger partial charge in [0.25, 0.3) is 0 Å². The fourth-order valence-electron chi connectivity index (χ4n) is 1.13. The molecule has 1 aromatic rings. The molecule has 0 aliphatic carbocycles. The zero-order valence-corrected chi connectivity index (χ0v) is 9.75. The summed E-state index contributed by atoms with van der Waals surface area (Å²) in [5.74, 6) is 0.478. The number of aliphatic hydroxyl groups is 1. The van der Waals surface area contributed by atoms with E-state index in [0.29, 0.717) is 23.7 Å². The summed E-state index contributed by atoms with van der Waals surface area (Å²) >= 11 is 5.77. The number of ether oxygens (including phenoxy) is 1. The summed E-state index contributed by atoms with van der Waals surface area (Å²) in [5.41, 5.74) is 0.796. The van der Waals surface area contributed by atoms with Gasteiger partial charge in [0.15, 0.2) is 0 Å². The minimum Gasteiger partial charge on any atom is -0.410 e. The SMILES string of the molecule is Cc1cc(Cl)ccc1OC(=O)NCCCO. The number of aryl methyl sites for hydroxylation is 1. The van der Waals surface area contributed by atoms with E-state index < -0.39 is 6.09 Å². The Morgan fingerprint density at radius 1 is 1.56 bits per heavy atom. The Kier molecular flexibility index (Phi) is 5.08. The Hall–Kier alpha value is -1.26. The molecular weight excluding hydrogens is 230 g/mol. The van der Waals surface area contributed by atoms with E-state index >= 15 is 0 Å². The van der Waals surface area contributed by atoms with E-state index in [0.717, 1.165) is 5.56 Å². The standard InChI is InChI=1S/C11H14ClNO3/c1-8-7-9(12)3-4-10(8)16-11(15)13-5-2-6-14/h3-4,7,14H,2,5-6H2,1H3,(H,13,15). The number of aliphatic hydroxyl groups excluding tert-OH is 1. The van der Waals surface area contributed by atoms with Crippen molar-refractivity contribution in [2.75, 3.05) is 13.2 Å². The quantitative estimate of drug-likeness (QED) is 0.797. The second-order valence-electron chi connectivity index (χ2n) is 3.30. The Morgan fingerprint density at radius 2 is 2.31 bits per heavy atom. The molecule has 0 aliphatic heterocycles. The maximum atomic E-state index is 11.3. The summed E-state index contributed by atoms with van der Waals surface area (Å²) in [6, 6.07) is 5.02. The molecule has 0 bridgehead atoms. The largest absolute Gasteiger partial charge is 0.412 e. The number of benzene rings is 1. The van der Waals surface area contributed by atoms with Gasteiger partial charge in [-0.15, -0.1) is 0 Å². The minimum absolute atomic E-state index is 0.0419. The third kappa shape index (κ3) is 4.08. The van der Waals surface area contributed by atoms with Gasteiger partial charge < -0.3 is 15.2 Å². The van der Waals surface area contributed by atoms with Gasteiger partial charge in [-0.05, 0) is 37.1 Å². The van der Waals surface area contributed by atoms with E-state index in [2.05, 4.69) is 5.32 Å². The molecule has 0 spiro atoms. The molecule has 0 radical (unpaired) electrons. The maximum Gasteiger partial charge on any atom is 0.412 e. The lowest BCUT2D eigenvalue weighted by molar-refractivity contribution is 0.198. The van der Waals surface area contributed by atoms with Gasteiger partial charge in [0.2, 0.25) is 0 Å². The van der Waals surface area contributed by atoms with Crippen molar-refractivity contribution in [3.63, 3.8) is 0 Å². The number of carbonyl (C=O) groups is 1. The molecule has 1 amide bonds. The van der Waals surface area contributed by atoms with Gasteiger partial charge in [-0.2, -0.15) is 0 Å². The predicted molar refractivity (Wildman–Crippen MR) is 61.9 cm³/mol. The van der Waals surface area contributed by atoms with Crippen LogP contribution < -0.4 is 10.1 Å². The predicted octanol–water partition coefficient (Wildman–Crippen LogP) is 2.12. The second kappa shape index (κ2) is 6.35. The van der Waals surface area contributed by atoms with Crippen LogP contribution in [-0.4, -0.2) is 24.4 Å². The molecular formula is C11H14ClNO3. The highest BCUT2D eigenvalue weighted by Gasteiger charge is 2.06. The first kappa shape index (κ1) is 12.8. The summed E-state index contributed by atoms with van der Waals surface area (Å²) in [7, 11) is 0. The number of carbonyl (C=O) groups excluding carboxylic acids is 1. The molecule has 0 aliphatic rings. The lowest BCUT2D eigenvalue weighted by atomic mass is 10.2. The van der Waals surface area contributed by atoms with Crippen molar-refractivity contribution >= 4 is 17.7 Å². The van der Waals surface area contributed by atoms with Gasteiger partial charge in [0.1, 0.15) is 5.75 Å². The first-order valence-corrected chi connectivity index (χ1v) is 5.34. The van der Waals surface area contributed by atoms with Crippen molar-refractivity contribution in [2.45, 2.75) is 13.3 Å². The third-order valence-electron chi connectivity index (χ3n) is 1.94. The minimum atomic E-state index is -0.529. The zero-order chi connectivity index (χ0) is 12.0. The van der Waals surface area contributed by atoms with E-state index in [9.17, 15) is 4.79 Å². The molecule has 1 aromatic carbocycles. The van der Waals surface area contributed by atoms with Crippen LogP contribution >= 0.6 is 11.6 Å². The monoisotopic (exact) mass is 243 g/mol. The summed E-state index contributed by atoms with van der Waals surface area (Å²) in [6.45, 7) is 2.24. The van der Waals surface area contributed by atoms with Crippen LogP contribution in [0, 0.1) is 6.92 Å². The summed E-state index contributed by atoms with van der Waals surface area (Å²) in [4.78, 5) is 11.3. The highest BCUT2D eigenvalue weighted by atomic mass is 35.5. The Morgan fingerprint density at radius 3 is 2.94 bits per heavy atom. The van der Waals surface area contributed by atoms with E-state index in [1.54, 1.807) is 18.2 Å². The molecule has 0 atom stereocenters. The maximum absolute atomic E-state index is 11.3. The van der Waals surface area contributed by atoms with Gasteiger partial charge in [-0.1, -0.05) is 11.6 Å². The lowest BCUT2D eigenvalue weighted by Gasteiger charge is -2.08. The molecule has 0 unspecified atom stereocenters. The van der Waals surface area contributed by atoms with Gasteiger partial charge in [-0.3, -0.25) is 0 Å². The average Bonchev–Trinajstić information content (AvgIpc) is 2.23. The lowest BCUT2D eigenvalue weighted by Crippen LogP contribution is -2.28. The van der Waals surface area contributed by atoms with Crippen LogP contribution in [-0.2, 0) is 0 Å². The number of nitrogens with one attached hydrogen (secondary N) is 1. The molecule has 0 saturated heterocycles. The van der Waals surface area contributed by atoms with Gasteiger partial charge in [0.05, 0.1) is 0 Å². The molecule has 0 aromatic heterocycles. The Bertz CT molecular complexity index is 368. The number of hydrogen-bond acceptors (Lipinski definition) is 3. The number of rotatable bonds is 4. The zero-order valence-electron chi connectivity index (χ0n) is 9.00. The van der Waals surface area contributed by atoms with Crippen molar-refractivity contribution in [3.05, 3.63) is 28.8 Å². The number of amides is 1. The number of halogens is 1. The van der Waals surface area contributed by atoms with Gasteiger partial charge in [-0.25, -0.2) is 4.79 Å². The highest BCUT2D eigenvalue weighted by molar-refractivity contribution is 6.30. The first-order valence-electron chi connectivity index (χ1n) is 4.96. The van der Waals surface area contributed by atoms with Crippen molar-refractivity contribution in [2.24, 2.45) is 0 Å². The van der Waals surface area contributed by atoms with Crippen LogP contribution in [0.4, 0.5) is 4.79 Å². The molecule has 88 valence electrons. The van der Waals surface area contributed by atoms with E-state index in [1.165, 1.54) is 0 Å². The van der Waals surface area contributed by atoms with Crippen molar-refractivity contribution in [1.82, 2.24) is 5.32 Å². The fraction of sp³-hybridized carbons (Fsp3) is 0.364. The van der Waals surface area contributed by atoms with E-state index in [-0.39, 0.29) is 6.61 Å². The first-order chi connectivity index (χ1) is 7.63. The van der Waals surface area contributed by atoms with E-state index in [1.807, 2.05) is 6.92 Å². The van der Waals surface area contributed by atoms with Gasteiger partial charge >= 0.3 is 6.09 Å². The number of hydrogen-bond donors (Lipinski definition) is 2. The Labute approximate surface area is 99.2 Å². The van der Waals surface area contributed by atoms with Crippen LogP contribution in [0.5, 0.6) is 5.75 Å². The average molecular weight is 244 g/mol. The molecule has 1 rings (SSSR count). The summed E-state index contributed by atoms with van der Waals surface area (Å²) in [5, 5.41) is 11.7. The topological polar surface area (TPSA) is 58.6 Å². The second-order valence-corrected chi connectivity index (χ2v) is 3.74. The molecule has 4 nitrogen and oxygen atoms in total. The van der Waals surface area contributed by atoms with Crippen molar-refractivity contribution in [3.8, 4) is 5.75 Å². The van der Waals surface area contributed by atoms with Crippen LogP contribution in [0.15, 0.2) is 18.2 Å². The molecule has 0 heterocycles. The molecule has 0 fully saturated rings. The van der Waals surface area contributed by atoms with E-state index in [4.69, 9.17) is 21.4 Å². The molecule has 0 saturated carbocycles. The van der Waals surface area contributed by atoms with Gasteiger partial charge in [0, 0.05) is 18.2 Å². The molecule has 16 heavy (non-hydrogen) atoms.